The molecule has 1 unspecified atom stereocenters. The number of likely N-dealkylation sites (tertiary alicyclic amines) is 1. The predicted octanol–water partition coefficient (Wildman–Crippen LogP) is 3.27. The molecule has 1 atom stereocenters. The van der Waals surface area contributed by atoms with Gasteiger partial charge in [0.25, 0.3) is 0 Å². The quantitative estimate of drug-likeness (QED) is 0.251. The number of rotatable bonds is 9. The SMILES string of the molecule is C=CCOc1ccccc1CN=C(NCC)NCC1CCN(CC)C1.I. The minimum Gasteiger partial charge on any atom is -0.489 e. The van der Waals surface area contributed by atoms with E-state index in [-0.39, 0.29) is 24.0 Å². The van der Waals surface area contributed by atoms with Crippen molar-refractivity contribution >= 4 is 29.9 Å². The van der Waals surface area contributed by atoms with Crippen molar-refractivity contribution in [3.63, 3.8) is 0 Å². The van der Waals surface area contributed by atoms with Gasteiger partial charge in [0.15, 0.2) is 5.96 Å². The van der Waals surface area contributed by atoms with Crippen LogP contribution >= 0.6 is 24.0 Å². The average Bonchev–Trinajstić information content (AvgIpc) is 3.11. The Kier molecular flexibility index (Phi) is 11.4. The first kappa shape index (κ1) is 22.8. The lowest BCUT2D eigenvalue weighted by Crippen LogP contribution is -2.40. The van der Waals surface area contributed by atoms with Gasteiger partial charge in [-0.2, -0.15) is 0 Å². The zero-order valence-corrected chi connectivity index (χ0v) is 18.4. The Morgan fingerprint density at radius 3 is 2.85 bits per heavy atom. The van der Waals surface area contributed by atoms with Crippen molar-refractivity contribution in [2.24, 2.45) is 10.9 Å². The Morgan fingerprint density at radius 2 is 2.15 bits per heavy atom. The van der Waals surface area contributed by atoms with Crippen molar-refractivity contribution in [2.45, 2.75) is 26.8 Å². The molecular formula is C20H33IN4O. The smallest absolute Gasteiger partial charge is 0.191 e. The Hall–Kier alpha value is -1.28. The van der Waals surface area contributed by atoms with Gasteiger partial charge in [0.2, 0.25) is 0 Å². The summed E-state index contributed by atoms with van der Waals surface area (Å²) >= 11 is 0. The minimum atomic E-state index is 0. The molecule has 0 radical (unpaired) electrons. The van der Waals surface area contributed by atoms with Gasteiger partial charge in [0, 0.05) is 25.2 Å². The molecule has 0 aromatic heterocycles. The molecule has 1 heterocycles. The van der Waals surface area contributed by atoms with E-state index >= 15 is 0 Å². The largest absolute Gasteiger partial charge is 0.489 e. The summed E-state index contributed by atoms with van der Waals surface area (Å²) in [6.45, 7) is 14.5. The van der Waals surface area contributed by atoms with Crippen molar-refractivity contribution in [3.05, 3.63) is 42.5 Å². The zero-order chi connectivity index (χ0) is 17.9. The highest BCUT2D eigenvalue weighted by Gasteiger charge is 2.20. The highest BCUT2D eigenvalue weighted by Crippen LogP contribution is 2.19. The van der Waals surface area contributed by atoms with Crippen LogP contribution in [0.4, 0.5) is 0 Å². The third-order valence-electron chi connectivity index (χ3n) is 4.46. The van der Waals surface area contributed by atoms with Gasteiger partial charge < -0.3 is 20.3 Å². The highest BCUT2D eigenvalue weighted by atomic mass is 127. The number of nitrogens with one attached hydrogen (secondary N) is 2. The fraction of sp³-hybridized carbons (Fsp3) is 0.550. The Balaban J connectivity index is 0.00000338. The van der Waals surface area contributed by atoms with Crippen LogP contribution in [0.5, 0.6) is 5.75 Å². The maximum Gasteiger partial charge on any atom is 0.191 e. The van der Waals surface area contributed by atoms with Crippen molar-refractivity contribution < 1.29 is 4.74 Å². The molecule has 0 saturated carbocycles. The van der Waals surface area contributed by atoms with Crippen LogP contribution in [0.2, 0.25) is 0 Å². The van der Waals surface area contributed by atoms with Crippen LogP contribution in [-0.2, 0) is 6.54 Å². The van der Waals surface area contributed by atoms with E-state index in [1.807, 2.05) is 18.2 Å². The maximum absolute atomic E-state index is 5.71. The molecule has 6 heteroatoms. The number of nitrogens with zero attached hydrogens (tertiary/aromatic N) is 2. The molecule has 1 fully saturated rings. The van der Waals surface area contributed by atoms with E-state index < -0.39 is 0 Å². The molecule has 2 rings (SSSR count). The number of benzene rings is 1. The molecule has 0 aliphatic carbocycles. The second-order valence-corrected chi connectivity index (χ2v) is 6.33. The molecule has 1 aromatic carbocycles. The third-order valence-corrected chi connectivity index (χ3v) is 4.46. The predicted molar refractivity (Wildman–Crippen MR) is 121 cm³/mol. The summed E-state index contributed by atoms with van der Waals surface area (Å²) in [5.74, 6) is 2.44. The number of hydrogen-bond acceptors (Lipinski definition) is 3. The monoisotopic (exact) mass is 472 g/mol. The van der Waals surface area contributed by atoms with Crippen molar-refractivity contribution in [1.29, 1.82) is 0 Å². The van der Waals surface area contributed by atoms with Crippen LogP contribution in [0.3, 0.4) is 0 Å². The van der Waals surface area contributed by atoms with E-state index in [1.165, 1.54) is 19.5 Å². The third kappa shape index (κ3) is 7.53. The molecule has 5 nitrogen and oxygen atoms in total. The molecule has 0 spiro atoms. The van der Waals surface area contributed by atoms with E-state index in [4.69, 9.17) is 9.73 Å². The van der Waals surface area contributed by atoms with Crippen LogP contribution in [0.25, 0.3) is 0 Å². The van der Waals surface area contributed by atoms with Gasteiger partial charge in [-0.25, -0.2) is 4.99 Å². The number of hydrogen-bond donors (Lipinski definition) is 2. The molecule has 146 valence electrons. The number of ether oxygens (including phenoxy) is 1. The van der Waals surface area contributed by atoms with E-state index in [2.05, 4.69) is 42.0 Å². The average molecular weight is 472 g/mol. The molecule has 0 amide bonds. The first-order valence-corrected chi connectivity index (χ1v) is 9.32. The van der Waals surface area contributed by atoms with Crippen molar-refractivity contribution in [2.75, 3.05) is 39.3 Å². The van der Waals surface area contributed by atoms with Gasteiger partial charge in [-0.1, -0.05) is 37.8 Å². The fourth-order valence-electron chi connectivity index (χ4n) is 3.04. The number of para-hydroxylation sites is 1. The molecule has 0 bridgehead atoms. The van der Waals surface area contributed by atoms with E-state index in [1.54, 1.807) is 6.08 Å². The van der Waals surface area contributed by atoms with Crippen LogP contribution in [0.1, 0.15) is 25.8 Å². The molecule has 1 aliphatic heterocycles. The van der Waals surface area contributed by atoms with E-state index in [9.17, 15) is 0 Å². The van der Waals surface area contributed by atoms with Crippen LogP contribution < -0.4 is 15.4 Å². The van der Waals surface area contributed by atoms with Crippen LogP contribution in [0, 0.1) is 5.92 Å². The number of aliphatic imine (C=N–C) groups is 1. The molecular weight excluding hydrogens is 439 g/mol. The first-order chi connectivity index (χ1) is 12.3. The van der Waals surface area contributed by atoms with Gasteiger partial charge in [-0.3, -0.25) is 0 Å². The molecule has 1 aliphatic rings. The summed E-state index contributed by atoms with van der Waals surface area (Å²) in [5, 5.41) is 6.83. The molecule has 26 heavy (non-hydrogen) atoms. The topological polar surface area (TPSA) is 48.9 Å². The highest BCUT2D eigenvalue weighted by molar-refractivity contribution is 14.0. The molecule has 1 aromatic rings. The lowest BCUT2D eigenvalue weighted by atomic mass is 10.1. The lowest BCUT2D eigenvalue weighted by molar-refractivity contribution is 0.342. The van der Waals surface area contributed by atoms with Crippen molar-refractivity contribution in [1.82, 2.24) is 15.5 Å². The summed E-state index contributed by atoms with van der Waals surface area (Å²) in [6, 6.07) is 8.03. The van der Waals surface area contributed by atoms with Gasteiger partial charge in [-0.05, 0) is 38.4 Å². The number of guanidine groups is 1. The van der Waals surface area contributed by atoms with Gasteiger partial charge in [0.1, 0.15) is 12.4 Å². The normalized spacial score (nSPS) is 17.5. The Labute approximate surface area is 175 Å². The first-order valence-electron chi connectivity index (χ1n) is 9.32. The van der Waals surface area contributed by atoms with E-state index in [0.29, 0.717) is 19.1 Å². The fourth-order valence-corrected chi connectivity index (χ4v) is 3.04. The summed E-state index contributed by atoms with van der Waals surface area (Å²) < 4.78 is 5.71. The Bertz CT molecular complexity index is 564. The molecule has 1 saturated heterocycles. The maximum atomic E-state index is 5.71. The standard InChI is InChI=1S/C20H32N4O.HI/c1-4-13-25-19-10-8-7-9-18(19)15-23-20(21-5-2)22-14-17-11-12-24(6-3)16-17;/h4,7-10,17H,1,5-6,11-16H2,2-3H3,(H2,21,22,23);1H. The van der Waals surface area contributed by atoms with E-state index in [0.717, 1.165) is 36.9 Å². The minimum absolute atomic E-state index is 0. The van der Waals surface area contributed by atoms with Gasteiger partial charge in [0.05, 0.1) is 6.54 Å². The zero-order valence-electron chi connectivity index (χ0n) is 16.0. The number of halogens is 1. The summed E-state index contributed by atoms with van der Waals surface area (Å²) in [7, 11) is 0. The molecule has 2 N–H and O–H groups in total. The van der Waals surface area contributed by atoms with Gasteiger partial charge >= 0.3 is 0 Å². The lowest BCUT2D eigenvalue weighted by Gasteiger charge is -2.16. The summed E-state index contributed by atoms with van der Waals surface area (Å²) in [5.41, 5.74) is 1.08. The Morgan fingerprint density at radius 1 is 1.35 bits per heavy atom. The van der Waals surface area contributed by atoms with Gasteiger partial charge in [-0.15, -0.1) is 24.0 Å². The summed E-state index contributed by atoms with van der Waals surface area (Å²) in [4.78, 5) is 7.23. The summed E-state index contributed by atoms with van der Waals surface area (Å²) in [6.07, 6.45) is 3.02. The second-order valence-electron chi connectivity index (χ2n) is 6.33. The second kappa shape index (κ2) is 13.0. The van der Waals surface area contributed by atoms with Crippen molar-refractivity contribution in [3.8, 4) is 5.75 Å². The van der Waals surface area contributed by atoms with Crippen LogP contribution in [-0.4, -0.2) is 50.2 Å². The van der Waals surface area contributed by atoms with Crippen LogP contribution in [0.15, 0.2) is 41.9 Å².